The minimum atomic E-state index is -1.07. The molecule has 0 fully saturated rings. The zero-order chi connectivity index (χ0) is 14.0. The fraction of sp³-hybridized carbons (Fsp3) is 0.143. The highest BCUT2D eigenvalue weighted by molar-refractivity contribution is 6.30. The molecule has 0 aliphatic carbocycles. The molecule has 1 N–H and O–H groups in total. The summed E-state index contributed by atoms with van der Waals surface area (Å²) in [6.45, 7) is 3.42. The van der Waals surface area contributed by atoms with Gasteiger partial charge in [0, 0.05) is 16.8 Å². The fourth-order valence-corrected chi connectivity index (χ4v) is 1.97. The first-order valence-corrected chi connectivity index (χ1v) is 6.00. The van der Waals surface area contributed by atoms with Gasteiger partial charge in [0.15, 0.2) is 0 Å². The van der Waals surface area contributed by atoms with Gasteiger partial charge < -0.3 is 9.84 Å². The predicted octanol–water partition coefficient (Wildman–Crippen LogP) is 3.84. The maximum absolute atomic E-state index is 11.3. The van der Waals surface area contributed by atoms with E-state index in [0.717, 1.165) is 0 Å². The van der Waals surface area contributed by atoms with Crippen molar-refractivity contribution >= 4 is 17.6 Å². The Morgan fingerprint density at radius 2 is 2.05 bits per heavy atom. The molecule has 2 aromatic rings. The van der Waals surface area contributed by atoms with Crippen LogP contribution in [0.4, 0.5) is 0 Å². The number of hydrogen-bond donors (Lipinski definition) is 1. The van der Waals surface area contributed by atoms with E-state index >= 15 is 0 Å². The van der Waals surface area contributed by atoms with Crippen molar-refractivity contribution in [2.75, 3.05) is 0 Å². The predicted molar refractivity (Wildman–Crippen MR) is 72.2 cm³/mol. The highest BCUT2D eigenvalue weighted by Gasteiger charge is 2.17. The molecule has 1 aromatic carbocycles. The molecule has 0 spiro atoms. The summed E-state index contributed by atoms with van der Waals surface area (Å²) in [6.07, 6.45) is 0. The number of nitrogens with zero attached hydrogens (tertiary/aromatic N) is 1. The smallest absolute Gasteiger partial charge is 0.341 e. The van der Waals surface area contributed by atoms with Crippen molar-refractivity contribution in [3.8, 4) is 11.5 Å². The van der Waals surface area contributed by atoms with Gasteiger partial charge in [0.2, 0.25) is 0 Å². The van der Waals surface area contributed by atoms with Gasteiger partial charge in [-0.1, -0.05) is 17.7 Å². The van der Waals surface area contributed by atoms with Crippen LogP contribution in [0.1, 0.15) is 21.7 Å². The van der Waals surface area contributed by atoms with E-state index in [2.05, 4.69) is 4.98 Å². The molecule has 0 aliphatic heterocycles. The van der Waals surface area contributed by atoms with Crippen LogP contribution in [0.5, 0.6) is 11.5 Å². The van der Waals surface area contributed by atoms with Gasteiger partial charge in [0.1, 0.15) is 17.1 Å². The standard InChI is InChI=1S/C14H12ClNO3/c1-8-6-12(13(14(17)18)9(2)16-8)19-11-5-3-4-10(15)7-11/h3-7H,1-2H3,(H,17,18). The minimum absolute atomic E-state index is 0.0607. The summed E-state index contributed by atoms with van der Waals surface area (Å²) in [5.41, 5.74) is 1.18. The second kappa shape index (κ2) is 5.28. The largest absolute Gasteiger partial charge is 0.477 e. The number of carbonyl (C=O) groups is 1. The average Bonchev–Trinajstić information content (AvgIpc) is 2.26. The Hall–Kier alpha value is -2.07. The van der Waals surface area contributed by atoms with Gasteiger partial charge in [-0.3, -0.25) is 4.98 Å². The number of carboxylic acid groups (broad SMARTS) is 1. The summed E-state index contributed by atoms with van der Waals surface area (Å²) >= 11 is 5.87. The number of carboxylic acids is 1. The molecule has 0 amide bonds. The Morgan fingerprint density at radius 3 is 2.68 bits per heavy atom. The summed E-state index contributed by atoms with van der Waals surface area (Å²) in [5.74, 6) is -0.318. The molecule has 0 unspecified atom stereocenters. The Kier molecular flexibility index (Phi) is 3.71. The Bertz CT molecular complexity index is 641. The second-order valence-corrected chi connectivity index (χ2v) is 4.52. The van der Waals surface area contributed by atoms with E-state index in [0.29, 0.717) is 22.2 Å². The van der Waals surface area contributed by atoms with Gasteiger partial charge in [-0.2, -0.15) is 0 Å². The molecular formula is C14H12ClNO3. The quantitative estimate of drug-likeness (QED) is 0.926. The molecule has 5 heteroatoms. The number of aromatic carboxylic acids is 1. The van der Waals surface area contributed by atoms with Crippen molar-refractivity contribution in [2.24, 2.45) is 0 Å². The molecule has 1 heterocycles. The number of pyridine rings is 1. The van der Waals surface area contributed by atoms with Crippen LogP contribution in [-0.2, 0) is 0 Å². The van der Waals surface area contributed by atoms with E-state index in [4.69, 9.17) is 16.3 Å². The van der Waals surface area contributed by atoms with E-state index in [-0.39, 0.29) is 11.3 Å². The van der Waals surface area contributed by atoms with Crippen molar-refractivity contribution in [3.05, 3.63) is 52.3 Å². The van der Waals surface area contributed by atoms with Crippen LogP contribution in [0, 0.1) is 13.8 Å². The van der Waals surface area contributed by atoms with Crippen LogP contribution >= 0.6 is 11.6 Å². The summed E-state index contributed by atoms with van der Waals surface area (Å²) in [6, 6.07) is 8.38. The van der Waals surface area contributed by atoms with Crippen LogP contribution in [0.2, 0.25) is 5.02 Å². The maximum Gasteiger partial charge on any atom is 0.341 e. The number of ether oxygens (including phenoxy) is 1. The van der Waals surface area contributed by atoms with Crippen molar-refractivity contribution in [1.82, 2.24) is 4.98 Å². The Morgan fingerprint density at radius 1 is 1.32 bits per heavy atom. The second-order valence-electron chi connectivity index (χ2n) is 4.09. The van der Waals surface area contributed by atoms with E-state index in [1.165, 1.54) is 0 Å². The van der Waals surface area contributed by atoms with Gasteiger partial charge in [0.25, 0.3) is 0 Å². The van der Waals surface area contributed by atoms with Crippen LogP contribution in [0.3, 0.4) is 0 Å². The monoisotopic (exact) mass is 277 g/mol. The van der Waals surface area contributed by atoms with Gasteiger partial charge in [-0.05, 0) is 32.0 Å². The van der Waals surface area contributed by atoms with E-state index in [1.807, 2.05) is 0 Å². The molecule has 0 saturated heterocycles. The first kappa shape index (κ1) is 13.4. The molecule has 0 aliphatic rings. The lowest BCUT2D eigenvalue weighted by molar-refractivity contribution is 0.0693. The molecule has 19 heavy (non-hydrogen) atoms. The molecule has 2 rings (SSSR count). The van der Waals surface area contributed by atoms with Gasteiger partial charge >= 0.3 is 5.97 Å². The lowest BCUT2D eigenvalue weighted by Gasteiger charge is -2.11. The normalized spacial score (nSPS) is 10.3. The highest BCUT2D eigenvalue weighted by Crippen LogP contribution is 2.29. The number of halogens is 1. The summed E-state index contributed by atoms with van der Waals surface area (Å²) in [7, 11) is 0. The van der Waals surface area contributed by atoms with Crippen molar-refractivity contribution < 1.29 is 14.6 Å². The Balaban J connectivity index is 2.47. The third kappa shape index (κ3) is 3.03. The first-order valence-electron chi connectivity index (χ1n) is 5.62. The number of rotatable bonds is 3. The molecule has 4 nitrogen and oxygen atoms in total. The number of benzene rings is 1. The summed E-state index contributed by atoms with van der Waals surface area (Å²) < 4.78 is 5.61. The summed E-state index contributed by atoms with van der Waals surface area (Å²) in [4.78, 5) is 15.4. The van der Waals surface area contributed by atoms with E-state index < -0.39 is 5.97 Å². The maximum atomic E-state index is 11.3. The van der Waals surface area contributed by atoms with E-state index in [1.54, 1.807) is 44.2 Å². The molecule has 0 saturated carbocycles. The van der Waals surface area contributed by atoms with Crippen molar-refractivity contribution in [2.45, 2.75) is 13.8 Å². The zero-order valence-electron chi connectivity index (χ0n) is 10.5. The van der Waals surface area contributed by atoms with Gasteiger partial charge in [-0.25, -0.2) is 4.79 Å². The molecule has 0 radical (unpaired) electrons. The van der Waals surface area contributed by atoms with Crippen LogP contribution in [0.15, 0.2) is 30.3 Å². The Labute approximate surface area is 115 Å². The minimum Gasteiger partial charge on any atom is -0.477 e. The third-order valence-corrected chi connectivity index (χ3v) is 2.77. The van der Waals surface area contributed by atoms with Crippen molar-refractivity contribution in [3.63, 3.8) is 0 Å². The lowest BCUT2D eigenvalue weighted by atomic mass is 10.1. The average molecular weight is 278 g/mol. The molecule has 0 bridgehead atoms. The fourth-order valence-electron chi connectivity index (χ4n) is 1.79. The topological polar surface area (TPSA) is 59.4 Å². The van der Waals surface area contributed by atoms with Crippen molar-refractivity contribution in [1.29, 1.82) is 0 Å². The van der Waals surface area contributed by atoms with Crippen LogP contribution < -0.4 is 4.74 Å². The van der Waals surface area contributed by atoms with E-state index in [9.17, 15) is 9.90 Å². The molecular weight excluding hydrogens is 266 g/mol. The van der Waals surface area contributed by atoms with Gasteiger partial charge in [0.05, 0.1) is 5.69 Å². The molecule has 1 aromatic heterocycles. The molecule has 98 valence electrons. The molecule has 0 atom stereocenters. The SMILES string of the molecule is Cc1cc(Oc2cccc(Cl)c2)c(C(=O)O)c(C)n1. The highest BCUT2D eigenvalue weighted by atomic mass is 35.5. The third-order valence-electron chi connectivity index (χ3n) is 2.53. The number of aryl methyl sites for hydroxylation is 2. The van der Waals surface area contributed by atoms with Crippen LogP contribution in [0.25, 0.3) is 0 Å². The zero-order valence-corrected chi connectivity index (χ0v) is 11.2. The first-order chi connectivity index (χ1) is 8.97. The summed E-state index contributed by atoms with van der Waals surface area (Å²) in [5, 5.41) is 9.75. The number of hydrogen-bond acceptors (Lipinski definition) is 3. The van der Waals surface area contributed by atoms with Crippen LogP contribution in [-0.4, -0.2) is 16.1 Å². The van der Waals surface area contributed by atoms with Gasteiger partial charge in [-0.15, -0.1) is 0 Å². The number of aromatic nitrogens is 1. The lowest BCUT2D eigenvalue weighted by Crippen LogP contribution is -2.06.